The number of aryl methyl sites for hydroxylation is 2. The minimum absolute atomic E-state index is 0.118. The molecule has 5 aromatic rings. The third-order valence-corrected chi connectivity index (χ3v) is 8.02. The van der Waals surface area contributed by atoms with E-state index in [4.69, 9.17) is 9.72 Å². The molecular formula is C30H34N10O2. The molecule has 0 spiro atoms. The van der Waals surface area contributed by atoms with Crippen molar-refractivity contribution in [3.63, 3.8) is 0 Å². The number of nitrogens with zero attached hydrogens (tertiary/aromatic N) is 7. The van der Waals surface area contributed by atoms with E-state index in [1.165, 1.54) is 0 Å². The number of amides is 1. The number of aromatic nitrogens is 8. The van der Waals surface area contributed by atoms with Gasteiger partial charge in [-0.15, -0.1) is 0 Å². The Bertz CT molecular complexity index is 1700. The Morgan fingerprint density at radius 2 is 1.95 bits per heavy atom. The van der Waals surface area contributed by atoms with E-state index in [9.17, 15) is 4.79 Å². The van der Waals surface area contributed by atoms with Gasteiger partial charge >= 0.3 is 0 Å². The first-order valence-corrected chi connectivity index (χ1v) is 14.1. The van der Waals surface area contributed by atoms with Gasteiger partial charge < -0.3 is 15.4 Å². The standard InChI is InChI=1S/C30H34N10O2/c1-18-14-25(38-37-18)35-24-15-22-6-5-13-31-27(22)28(36-24)21-9-11-30(42-4,12-10-21)29(41)34-19(2)23-7-8-26(32-16-23)40-17-33-20(3)39-40/h5-8,13-17,19,21H,9-12H2,1-4H3,(H,34,41)(H2,35,36,37,38)/t19-,21-,30-/m0/s1. The molecule has 3 N–H and O–H groups in total. The second kappa shape index (κ2) is 11.3. The lowest BCUT2D eigenvalue weighted by Gasteiger charge is -2.38. The van der Waals surface area contributed by atoms with Crippen molar-refractivity contribution < 1.29 is 9.53 Å². The van der Waals surface area contributed by atoms with Gasteiger partial charge in [0.1, 0.15) is 23.6 Å². The van der Waals surface area contributed by atoms with Crippen LogP contribution in [0.25, 0.3) is 16.7 Å². The highest BCUT2D eigenvalue weighted by atomic mass is 16.5. The third kappa shape index (κ3) is 5.45. The predicted octanol–water partition coefficient (Wildman–Crippen LogP) is 4.61. The maximum absolute atomic E-state index is 13.6. The number of aromatic amines is 1. The summed E-state index contributed by atoms with van der Waals surface area (Å²) in [5.41, 5.74) is 2.75. The summed E-state index contributed by atoms with van der Waals surface area (Å²) in [5, 5.41) is 19.0. The van der Waals surface area contributed by atoms with Crippen LogP contribution in [0.1, 0.15) is 67.3 Å². The molecular weight excluding hydrogens is 532 g/mol. The van der Waals surface area contributed by atoms with E-state index in [0.29, 0.717) is 36.1 Å². The fraction of sp³-hybridized carbons (Fsp3) is 0.367. The molecule has 12 heteroatoms. The monoisotopic (exact) mass is 566 g/mol. The number of carbonyl (C=O) groups is 1. The zero-order chi connectivity index (χ0) is 29.3. The molecule has 216 valence electrons. The highest BCUT2D eigenvalue weighted by Crippen LogP contribution is 2.41. The molecule has 12 nitrogen and oxygen atoms in total. The lowest BCUT2D eigenvalue weighted by molar-refractivity contribution is -0.148. The van der Waals surface area contributed by atoms with Gasteiger partial charge in [-0.1, -0.05) is 12.1 Å². The SMILES string of the molecule is CO[C@]1(C(=O)N[C@@H](C)c2ccc(-n3cnc(C)n3)nc2)CC[C@@H](c2nc(Nc3cc(C)[nH]n3)cc3cccnc32)CC1. The quantitative estimate of drug-likeness (QED) is 0.245. The first-order valence-electron chi connectivity index (χ1n) is 14.1. The molecule has 1 aliphatic carbocycles. The molecule has 5 aromatic heterocycles. The summed E-state index contributed by atoms with van der Waals surface area (Å²) < 4.78 is 7.55. The van der Waals surface area contributed by atoms with Crippen molar-refractivity contribution in [3.8, 4) is 5.82 Å². The van der Waals surface area contributed by atoms with Crippen molar-refractivity contribution in [2.75, 3.05) is 12.4 Å². The van der Waals surface area contributed by atoms with Gasteiger partial charge in [0.05, 0.1) is 17.3 Å². The van der Waals surface area contributed by atoms with Crippen molar-refractivity contribution in [1.82, 2.24) is 45.2 Å². The van der Waals surface area contributed by atoms with Crippen LogP contribution in [0.15, 0.2) is 55.1 Å². The van der Waals surface area contributed by atoms with Crippen molar-refractivity contribution >= 4 is 28.4 Å². The van der Waals surface area contributed by atoms with E-state index < -0.39 is 5.60 Å². The summed E-state index contributed by atoms with van der Waals surface area (Å²) in [5.74, 6) is 2.78. The van der Waals surface area contributed by atoms with Gasteiger partial charge in [0.15, 0.2) is 11.6 Å². The number of fused-ring (bicyclic) bond motifs is 1. The van der Waals surface area contributed by atoms with Crippen LogP contribution >= 0.6 is 0 Å². The number of rotatable bonds is 8. The van der Waals surface area contributed by atoms with Gasteiger partial charge in [0, 0.05) is 42.6 Å². The molecule has 0 radical (unpaired) electrons. The summed E-state index contributed by atoms with van der Waals surface area (Å²) in [6.45, 7) is 5.73. The number of ether oxygens (including phenoxy) is 1. The second-order valence-electron chi connectivity index (χ2n) is 10.9. The van der Waals surface area contributed by atoms with Crippen molar-refractivity contribution in [3.05, 3.63) is 77.9 Å². The van der Waals surface area contributed by atoms with E-state index in [0.717, 1.165) is 40.7 Å². The third-order valence-electron chi connectivity index (χ3n) is 8.02. The maximum Gasteiger partial charge on any atom is 0.252 e. The van der Waals surface area contributed by atoms with Gasteiger partial charge in [-0.3, -0.25) is 14.9 Å². The van der Waals surface area contributed by atoms with E-state index in [2.05, 4.69) is 40.9 Å². The van der Waals surface area contributed by atoms with Gasteiger partial charge in [-0.25, -0.2) is 19.6 Å². The Morgan fingerprint density at radius 3 is 2.62 bits per heavy atom. The number of anilines is 2. The molecule has 0 bridgehead atoms. The number of H-pyrrole nitrogens is 1. The van der Waals surface area contributed by atoms with Crippen LogP contribution in [-0.2, 0) is 9.53 Å². The topological polar surface area (TPSA) is 148 Å². The van der Waals surface area contributed by atoms with Crippen LogP contribution < -0.4 is 10.6 Å². The van der Waals surface area contributed by atoms with Gasteiger partial charge in [0.25, 0.3) is 5.91 Å². The molecule has 0 aromatic carbocycles. The fourth-order valence-corrected chi connectivity index (χ4v) is 5.61. The number of carbonyl (C=O) groups excluding carboxylic acids is 1. The molecule has 1 aliphatic rings. The van der Waals surface area contributed by atoms with Crippen LogP contribution in [0.3, 0.4) is 0 Å². The molecule has 0 saturated heterocycles. The average molecular weight is 567 g/mol. The van der Waals surface area contributed by atoms with Crippen LogP contribution in [0, 0.1) is 13.8 Å². The Morgan fingerprint density at radius 1 is 1.12 bits per heavy atom. The van der Waals surface area contributed by atoms with E-state index in [-0.39, 0.29) is 17.9 Å². The lowest BCUT2D eigenvalue weighted by Crippen LogP contribution is -2.50. The number of nitrogens with one attached hydrogen (secondary N) is 3. The zero-order valence-electron chi connectivity index (χ0n) is 24.1. The summed E-state index contributed by atoms with van der Waals surface area (Å²) in [6, 6.07) is 11.5. The average Bonchev–Trinajstić information content (AvgIpc) is 3.64. The first-order chi connectivity index (χ1) is 20.3. The fourth-order valence-electron chi connectivity index (χ4n) is 5.61. The molecule has 1 amide bonds. The molecule has 1 fully saturated rings. The molecule has 1 atom stereocenters. The highest BCUT2D eigenvalue weighted by molar-refractivity contribution is 5.86. The van der Waals surface area contributed by atoms with Gasteiger partial charge in [0.2, 0.25) is 0 Å². The smallest absolute Gasteiger partial charge is 0.252 e. The molecule has 1 saturated carbocycles. The number of hydrogen-bond acceptors (Lipinski definition) is 9. The van der Waals surface area contributed by atoms with Gasteiger partial charge in [-0.05, 0) is 70.2 Å². The number of methoxy groups -OCH3 is 1. The summed E-state index contributed by atoms with van der Waals surface area (Å²) in [7, 11) is 1.62. The molecule has 6 rings (SSSR count). The van der Waals surface area contributed by atoms with Crippen LogP contribution in [-0.4, -0.2) is 58.5 Å². The molecule has 0 unspecified atom stereocenters. The normalized spacial score (nSPS) is 19.5. The minimum Gasteiger partial charge on any atom is -0.368 e. The van der Waals surface area contributed by atoms with Gasteiger partial charge in [-0.2, -0.15) is 10.2 Å². The van der Waals surface area contributed by atoms with E-state index in [1.54, 1.807) is 30.5 Å². The summed E-state index contributed by atoms with van der Waals surface area (Å²) >= 11 is 0. The lowest BCUT2D eigenvalue weighted by atomic mass is 9.76. The molecule has 0 aliphatic heterocycles. The number of pyridine rings is 3. The zero-order valence-corrected chi connectivity index (χ0v) is 24.1. The Kier molecular flexibility index (Phi) is 7.38. The molecule has 5 heterocycles. The maximum atomic E-state index is 13.6. The van der Waals surface area contributed by atoms with Crippen LogP contribution in [0.2, 0.25) is 0 Å². The van der Waals surface area contributed by atoms with E-state index >= 15 is 0 Å². The van der Waals surface area contributed by atoms with Crippen molar-refractivity contribution in [1.29, 1.82) is 0 Å². The highest BCUT2D eigenvalue weighted by Gasteiger charge is 2.43. The summed E-state index contributed by atoms with van der Waals surface area (Å²) in [4.78, 5) is 31.9. The minimum atomic E-state index is -0.915. The van der Waals surface area contributed by atoms with E-state index in [1.807, 2.05) is 57.2 Å². The Labute approximate surface area is 243 Å². The first kappa shape index (κ1) is 27.5. The van der Waals surface area contributed by atoms with Crippen molar-refractivity contribution in [2.24, 2.45) is 0 Å². The predicted molar refractivity (Wildman–Crippen MR) is 158 cm³/mol. The summed E-state index contributed by atoms with van der Waals surface area (Å²) in [6.07, 6.45) is 7.80. The Hall–Kier alpha value is -4.71. The Balaban J connectivity index is 1.16. The largest absolute Gasteiger partial charge is 0.368 e. The second-order valence-corrected chi connectivity index (χ2v) is 10.9. The van der Waals surface area contributed by atoms with Crippen molar-refractivity contribution in [2.45, 2.75) is 64.0 Å². The molecule has 42 heavy (non-hydrogen) atoms. The number of hydrogen-bond donors (Lipinski definition) is 3. The van der Waals surface area contributed by atoms with Crippen LogP contribution in [0.5, 0.6) is 0 Å². The van der Waals surface area contributed by atoms with Crippen LogP contribution in [0.4, 0.5) is 11.6 Å².